The summed E-state index contributed by atoms with van der Waals surface area (Å²) in [5.41, 5.74) is 5.47. The third kappa shape index (κ3) is 3.46. The molecule has 0 radical (unpaired) electrons. The Labute approximate surface area is 90.5 Å². The number of carbonyl (C=O) groups excluding carboxylic acids is 1. The van der Waals surface area contributed by atoms with Gasteiger partial charge in [0.15, 0.2) is 9.84 Å². The van der Waals surface area contributed by atoms with Gasteiger partial charge in [-0.1, -0.05) is 6.92 Å². The molecule has 0 aromatic carbocycles. The first-order valence-electron chi connectivity index (χ1n) is 5.16. The van der Waals surface area contributed by atoms with Gasteiger partial charge in [-0.2, -0.15) is 0 Å². The highest BCUT2D eigenvalue weighted by atomic mass is 32.2. The van der Waals surface area contributed by atoms with E-state index in [0.717, 1.165) is 0 Å². The summed E-state index contributed by atoms with van der Waals surface area (Å²) in [6.45, 7) is 3.02. The molecule has 1 heterocycles. The number of likely N-dealkylation sites (tertiary alicyclic amines) is 1. The van der Waals surface area contributed by atoms with E-state index in [1.54, 1.807) is 11.8 Å². The molecule has 1 amide bonds. The average molecular weight is 234 g/mol. The average Bonchev–Trinajstić information content (AvgIpc) is 2.57. The van der Waals surface area contributed by atoms with Gasteiger partial charge in [0.25, 0.3) is 0 Å². The lowest BCUT2D eigenvalue weighted by molar-refractivity contribution is -0.127. The molecule has 0 aromatic rings. The molecule has 6 heteroatoms. The van der Waals surface area contributed by atoms with Crippen molar-refractivity contribution in [2.45, 2.75) is 13.3 Å². The maximum Gasteiger partial charge on any atom is 0.223 e. The van der Waals surface area contributed by atoms with Crippen LogP contribution in [0.2, 0.25) is 0 Å². The molecule has 1 fully saturated rings. The molecule has 0 spiro atoms. The molecule has 0 bridgehead atoms. The van der Waals surface area contributed by atoms with E-state index in [0.29, 0.717) is 26.1 Å². The Bertz CT molecular complexity index is 326. The lowest BCUT2D eigenvalue weighted by atomic mass is 10.1. The van der Waals surface area contributed by atoms with E-state index in [-0.39, 0.29) is 23.3 Å². The Balaban J connectivity index is 2.44. The number of rotatable bonds is 5. The summed E-state index contributed by atoms with van der Waals surface area (Å²) < 4.78 is 22.5. The smallest absolute Gasteiger partial charge is 0.223 e. The highest BCUT2D eigenvalue weighted by molar-refractivity contribution is 7.91. The first kappa shape index (κ1) is 12.4. The van der Waals surface area contributed by atoms with Crippen molar-refractivity contribution in [3.05, 3.63) is 0 Å². The van der Waals surface area contributed by atoms with Crippen LogP contribution in [0.25, 0.3) is 0 Å². The molecule has 88 valence electrons. The summed E-state index contributed by atoms with van der Waals surface area (Å²) >= 11 is 0. The second-order valence-electron chi connectivity index (χ2n) is 3.88. The SMILES string of the molecule is CCS(=O)(=O)CCN1CC(CN)CC1=O. The number of amides is 1. The summed E-state index contributed by atoms with van der Waals surface area (Å²) in [5, 5.41) is 0. The molecule has 1 aliphatic heterocycles. The van der Waals surface area contributed by atoms with Crippen LogP contribution in [0.1, 0.15) is 13.3 Å². The van der Waals surface area contributed by atoms with Crippen molar-refractivity contribution in [3.8, 4) is 0 Å². The molecule has 0 aromatic heterocycles. The molecular weight excluding hydrogens is 216 g/mol. The zero-order valence-corrected chi connectivity index (χ0v) is 9.79. The highest BCUT2D eigenvalue weighted by Gasteiger charge is 2.28. The topological polar surface area (TPSA) is 80.5 Å². The molecule has 1 atom stereocenters. The van der Waals surface area contributed by atoms with E-state index in [2.05, 4.69) is 0 Å². The lowest BCUT2D eigenvalue weighted by Crippen LogP contribution is -2.31. The van der Waals surface area contributed by atoms with Crippen LogP contribution in [0.15, 0.2) is 0 Å². The van der Waals surface area contributed by atoms with Crippen molar-refractivity contribution in [1.82, 2.24) is 4.90 Å². The van der Waals surface area contributed by atoms with Crippen LogP contribution in [-0.4, -0.2) is 50.4 Å². The molecule has 1 rings (SSSR count). The fourth-order valence-electron chi connectivity index (χ4n) is 1.62. The maximum absolute atomic E-state index is 11.4. The van der Waals surface area contributed by atoms with Crippen molar-refractivity contribution in [2.75, 3.05) is 31.1 Å². The number of carbonyl (C=O) groups is 1. The summed E-state index contributed by atoms with van der Waals surface area (Å²) in [4.78, 5) is 13.0. The maximum atomic E-state index is 11.4. The van der Waals surface area contributed by atoms with Gasteiger partial charge in [0.2, 0.25) is 5.91 Å². The summed E-state index contributed by atoms with van der Waals surface area (Å²) in [6, 6.07) is 0. The van der Waals surface area contributed by atoms with E-state index >= 15 is 0 Å². The number of hydrogen-bond donors (Lipinski definition) is 1. The van der Waals surface area contributed by atoms with Crippen LogP contribution in [0.4, 0.5) is 0 Å². The zero-order chi connectivity index (χ0) is 11.5. The molecule has 5 nitrogen and oxygen atoms in total. The molecule has 0 aliphatic carbocycles. The van der Waals surface area contributed by atoms with Crippen molar-refractivity contribution >= 4 is 15.7 Å². The van der Waals surface area contributed by atoms with E-state index in [4.69, 9.17) is 5.73 Å². The Hall–Kier alpha value is -0.620. The minimum absolute atomic E-state index is 0.0248. The van der Waals surface area contributed by atoms with Gasteiger partial charge >= 0.3 is 0 Å². The van der Waals surface area contributed by atoms with Crippen LogP contribution in [0.3, 0.4) is 0 Å². The van der Waals surface area contributed by atoms with Crippen LogP contribution in [0.5, 0.6) is 0 Å². The Morgan fingerprint density at radius 1 is 1.53 bits per heavy atom. The summed E-state index contributed by atoms with van der Waals surface area (Å²) in [6.07, 6.45) is 0.461. The largest absolute Gasteiger partial charge is 0.341 e. The fourth-order valence-corrected chi connectivity index (χ4v) is 2.41. The van der Waals surface area contributed by atoms with Gasteiger partial charge in [0, 0.05) is 25.3 Å². The van der Waals surface area contributed by atoms with Gasteiger partial charge in [0.05, 0.1) is 5.75 Å². The van der Waals surface area contributed by atoms with Gasteiger partial charge in [-0.05, 0) is 12.5 Å². The molecule has 1 saturated heterocycles. The van der Waals surface area contributed by atoms with Gasteiger partial charge in [-0.3, -0.25) is 4.79 Å². The number of hydrogen-bond acceptors (Lipinski definition) is 4. The second kappa shape index (κ2) is 4.94. The van der Waals surface area contributed by atoms with E-state index in [1.807, 2.05) is 0 Å². The molecule has 0 saturated carbocycles. The summed E-state index contributed by atoms with van der Waals surface area (Å²) in [7, 11) is -2.98. The van der Waals surface area contributed by atoms with Gasteiger partial charge < -0.3 is 10.6 Å². The molecule has 1 unspecified atom stereocenters. The fraction of sp³-hybridized carbons (Fsp3) is 0.889. The van der Waals surface area contributed by atoms with Crippen LogP contribution < -0.4 is 5.73 Å². The number of sulfone groups is 1. The zero-order valence-electron chi connectivity index (χ0n) is 8.98. The van der Waals surface area contributed by atoms with Gasteiger partial charge in [-0.15, -0.1) is 0 Å². The van der Waals surface area contributed by atoms with Gasteiger partial charge in [-0.25, -0.2) is 8.42 Å². The molecule has 15 heavy (non-hydrogen) atoms. The number of nitrogens with zero attached hydrogens (tertiary/aromatic N) is 1. The van der Waals surface area contributed by atoms with Crippen molar-refractivity contribution in [1.29, 1.82) is 0 Å². The highest BCUT2D eigenvalue weighted by Crippen LogP contribution is 2.16. The normalized spacial score (nSPS) is 22.4. The van der Waals surface area contributed by atoms with Gasteiger partial charge in [0.1, 0.15) is 0 Å². The van der Waals surface area contributed by atoms with Crippen LogP contribution in [0, 0.1) is 5.92 Å². The van der Waals surface area contributed by atoms with Crippen LogP contribution >= 0.6 is 0 Å². The molecular formula is C9H18N2O3S. The minimum atomic E-state index is -2.98. The Morgan fingerprint density at radius 2 is 2.20 bits per heavy atom. The van der Waals surface area contributed by atoms with E-state index in [9.17, 15) is 13.2 Å². The standard InChI is InChI=1S/C9H18N2O3S/c1-2-15(13,14)4-3-11-7-8(6-10)5-9(11)12/h8H,2-7,10H2,1H3. The minimum Gasteiger partial charge on any atom is -0.341 e. The third-order valence-corrected chi connectivity index (χ3v) is 4.42. The lowest BCUT2D eigenvalue weighted by Gasteiger charge is -2.15. The molecule has 2 N–H and O–H groups in total. The van der Waals surface area contributed by atoms with Crippen LogP contribution in [-0.2, 0) is 14.6 Å². The monoisotopic (exact) mass is 234 g/mol. The first-order valence-corrected chi connectivity index (χ1v) is 6.99. The van der Waals surface area contributed by atoms with Crippen molar-refractivity contribution in [3.63, 3.8) is 0 Å². The van der Waals surface area contributed by atoms with E-state index < -0.39 is 9.84 Å². The first-order chi connectivity index (χ1) is 6.98. The number of nitrogens with two attached hydrogens (primary N) is 1. The molecule has 1 aliphatic rings. The predicted octanol–water partition coefficient (Wildman–Crippen LogP) is -0.772. The summed E-state index contributed by atoms with van der Waals surface area (Å²) in [5.74, 6) is 0.417. The van der Waals surface area contributed by atoms with E-state index in [1.165, 1.54) is 0 Å². The Morgan fingerprint density at radius 3 is 2.67 bits per heavy atom. The predicted molar refractivity (Wildman–Crippen MR) is 58.1 cm³/mol. The van der Waals surface area contributed by atoms with Crippen molar-refractivity contribution < 1.29 is 13.2 Å². The third-order valence-electron chi connectivity index (χ3n) is 2.74. The second-order valence-corrected chi connectivity index (χ2v) is 6.35. The van der Waals surface area contributed by atoms with Crippen molar-refractivity contribution in [2.24, 2.45) is 11.7 Å². The quantitative estimate of drug-likeness (QED) is 0.677. The Kier molecular flexibility index (Phi) is 4.10.